The maximum atomic E-state index is 13.6. The van der Waals surface area contributed by atoms with Crippen LogP contribution in [0.4, 0.5) is 13.2 Å². The zero-order chi connectivity index (χ0) is 109. The number of unbranched alkanes of at least 4 members (excludes halogenated alkanes) is 33. The number of aromatic hydroxyl groups is 1. The number of ether oxygens (including phenoxy) is 4. The van der Waals surface area contributed by atoms with E-state index in [4.69, 9.17) is 54.5 Å². The molecule has 1 unspecified atom stereocenters. The first-order chi connectivity index (χ1) is 68.8. The van der Waals surface area contributed by atoms with Gasteiger partial charge in [-0.05, 0) is 225 Å². The van der Waals surface area contributed by atoms with Crippen molar-refractivity contribution in [3.05, 3.63) is 172 Å². The van der Waals surface area contributed by atoms with Crippen LogP contribution in [-0.4, -0.2) is 142 Å². The minimum atomic E-state index is -4.99. The van der Waals surface area contributed by atoms with Crippen molar-refractivity contribution in [1.29, 1.82) is 0 Å². The molecule has 0 spiro atoms. The summed E-state index contributed by atoms with van der Waals surface area (Å²) in [5, 5.41) is 17.3. The average molecular weight is 2140 g/mol. The maximum absolute atomic E-state index is 13.6. The molecular formula is C112H180Cl3F3N4O21P2. The Morgan fingerprint density at radius 1 is 0.414 bits per heavy atom. The number of phenols is 1. The van der Waals surface area contributed by atoms with Crippen LogP contribution in [0.1, 0.15) is 391 Å². The Balaban J connectivity index is 0.00000186. The lowest BCUT2D eigenvalue weighted by atomic mass is 10.0. The number of ketones is 1. The van der Waals surface area contributed by atoms with Gasteiger partial charge in [0.15, 0.2) is 11.1 Å². The van der Waals surface area contributed by atoms with Crippen molar-refractivity contribution >= 4 is 98.0 Å². The number of hydrogen-bond donors (Lipinski definition) is 7. The van der Waals surface area contributed by atoms with Gasteiger partial charge in [-0.15, -0.1) is 0 Å². The number of allylic oxidation sites excluding steroid dienone is 6. The lowest BCUT2D eigenvalue weighted by molar-refractivity contribution is -0.169. The van der Waals surface area contributed by atoms with E-state index in [1.165, 1.54) is 167 Å². The minimum Gasteiger partial charge on any atom is -0.508 e. The number of amides is 3. The zero-order valence-corrected chi connectivity index (χ0v) is 93.9. The summed E-state index contributed by atoms with van der Waals surface area (Å²) in [6.07, 6.45) is 60.1. The number of methoxy groups -OCH3 is 2. The number of carbonyl (C=O) groups excluding carboxylic acids is 8. The number of phenolic OH excluding ortho intramolecular Hbond substituents is 1. The number of carbonyl (C=O) groups is 8. The highest BCUT2D eigenvalue weighted by Gasteiger charge is 2.43. The van der Waals surface area contributed by atoms with Crippen LogP contribution in [-0.2, 0) is 110 Å². The summed E-state index contributed by atoms with van der Waals surface area (Å²) in [5.41, 5.74) is 5.03. The first kappa shape index (κ1) is 138. The van der Waals surface area contributed by atoms with Crippen LogP contribution >= 0.6 is 50.6 Å². The number of nitrogens with one attached hydrogen (secondary N) is 4. The summed E-state index contributed by atoms with van der Waals surface area (Å²) in [5.74, 6) is -5.38. The molecule has 826 valence electrons. The minimum absolute atomic E-state index is 0.0739. The van der Waals surface area contributed by atoms with E-state index in [1.54, 1.807) is 65.8 Å². The van der Waals surface area contributed by atoms with Gasteiger partial charge in [0, 0.05) is 58.2 Å². The van der Waals surface area contributed by atoms with Crippen LogP contribution in [0.25, 0.3) is 0 Å². The number of esters is 2. The molecule has 145 heavy (non-hydrogen) atoms. The van der Waals surface area contributed by atoms with Gasteiger partial charge in [0.25, 0.3) is 5.78 Å². The predicted octanol–water partition coefficient (Wildman–Crippen LogP) is 28.6. The van der Waals surface area contributed by atoms with Crippen LogP contribution in [0.15, 0.2) is 134 Å². The largest absolute Gasteiger partial charge is 0.533 e. The number of benzene rings is 4. The van der Waals surface area contributed by atoms with E-state index < -0.39 is 91.7 Å². The standard InChI is InChI=1S/C36H62NO6P.C29H47NO3.C28H46NO6P.C10H12ClNO3.C6H12O2.C3HCl2F3O/c1-9-10-11-12-13-14-15-16-17-18-19-20-21-22-23-24-33(38)37-32(29-31-27-25-30(2)26-28-31)34(39)41-44(40,42-35(3,4)5)43-36(6,7)8;1-4-5-6-7-8-9-10-11-12-13-14-15-16-17-18-19-28(31)30-27(29(32)33-3)24-26-22-20-25(2)21-23-26;1-3-4-5-6-7-8-9-10-11-12-13-14-15-16-17-18-27(30)29-26(28(31)35-36(32,33)34)23-25-21-19-24(2)20-22-25;1-15-10(14)9(12-11)6-7-2-4-8(13)5-3-7;1-2-7-6-4-3-5-8-6;4-2(5)1(9)3(6,7)8/h16-17,25-28,32H,9-15,18-24,29H2,1-8H3,(H,37,38);11-12,20-23,27H,4-10,13-19,24H2,1-3H3,(H,30,31);10-11,19-22,26H,3-9,12-18,23H2,1-2H3,(H,29,30)(H2,32,33,34);2-5,9,12-13H,6H2,1H3;6H,2-5H2,1H3;2H/b17-16-;12-11-;11-10-;;;/t32-;27-;26-;9-;;/m0001../s1. The third kappa shape index (κ3) is 80.3. The van der Waals surface area contributed by atoms with Crippen molar-refractivity contribution < 1.29 is 113 Å². The first-order valence-electron chi connectivity index (χ1n) is 52.8. The molecular weight excluding hydrogens is 1960 g/mol. The molecule has 0 radical (unpaired) electrons. The second kappa shape index (κ2) is 84.4. The molecule has 0 saturated carbocycles. The van der Waals surface area contributed by atoms with Crippen LogP contribution in [0, 0.1) is 20.8 Å². The molecule has 33 heteroatoms. The molecule has 5 rings (SSSR count). The molecule has 1 fully saturated rings. The lowest BCUT2D eigenvalue weighted by Gasteiger charge is -2.31. The summed E-state index contributed by atoms with van der Waals surface area (Å²) in [6.45, 7) is 26.6. The maximum Gasteiger partial charge on any atom is 0.533 e. The number of phosphoric ester groups is 2. The van der Waals surface area contributed by atoms with Gasteiger partial charge in [0.2, 0.25) is 17.7 Å². The number of alkyl halides is 5. The normalized spacial score (nSPS) is 13.5. The van der Waals surface area contributed by atoms with Crippen LogP contribution in [0.5, 0.6) is 5.75 Å². The number of hydrogen-bond acceptors (Lipinski definition) is 20. The Labute approximate surface area is 882 Å². The molecule has 0 aliphatic carbocycles. The van der Waals surface area contributed by atoms with E-state index in [9.17, 15) is 60.7 Å². The van der Waals surface area contributed by atoms with Crippen molar-refractivity contribution in [2.24, 2.45) is 0 Å². The molecule has 5 atom stereocenters. The van der Waals surface area contributed by atoms with Gasteiger partial charge in [-0.25, -0.2) is 28.3 Å². The first-order valence-corrected chi connectivity index (χ1v) is 57.1. The monoisotopic (exact) mass is 2140 g/mol. The highest BCUT2D eigenvalue weighted by Crippen LogP contribution is 2.56. The van der Waals surface area contributed by atoms with Gasteiger partial charge in [0.1, 0.15) is 29.9 Å². The fourth-order valence-electron chi connectivity index (χ4n) is 14.7. The van der Waals surface area contributed by atoms with E-state index in [-0.39, 0.29) is 49.0 Å². The number of halogens is 6. The van der Waals surface area contributed by atoms with Crippen LogP contribution < -0.4 is 20.8 Å². The Morgan fingerprint density at radius 2 is 0.683 bits per heavy atom. The van der Waals surface area contributed by atoms with Crippen molar-refractivity contribution in [2.75, 3.05) is 27.4 Å². The molecule has 0 aromatic heterocycles. The lowest BCUT2D eigenvalue weighted by Crippen LogP contribution is -2.43. The SMILES string of the molecule is CCCCCCCC/C=C\CCCCCCCC(=O)N[C@@H](Cc1ccc(C)cc1)C(=O)OC.CCCCCCCC/C=C\CCCCCCCC(=O)N[C@@H](Cc1ccc(C)cc1)C(=O)OP(=O)(O)O.CCCCCCCC/C=C\CCCCCCCC(=O)N[C@@H](Cc1ccc(C)cc1)C(=O)OP(=O)(OC(C)(C)C)OC(C)(C)C.CCOC1CCCO1.COC(=O)[C@@H](Cc1ccc(O)cc1)NCl.O=C(C(Cl)Cl)C(F)(F)F. The number of rotatable bonds is 68. The van der Waals surface area contributed by atoms with Gasteiger partial charge in [-0.2, -0.15) is 13.2 Å². The van der Waals surface area contributed by atoms with Crippen LogP contribution in [0.3, 0.4) is 0 Å². The van der Waals surface area contributed by atoms with E-state index >= 15 is 0 Å². The molecule has 1 saturated heterocycles. The highest BCUT2D eigenvalue weighted by molar-refractivity contribution is 7.49. The molecule has 7 N–H and O–H groups in total. The quantitative estimate of drug-likeness (QED) is 0.00539. The van der Waals surface area contributed by atoms with Gasteiger partial charge in [-0.1, -0.05) is 336 Å². The second-order valence-corrected chi connectivity index (χ2v) is 42.7. The highest BCUT2D eigenvalue weighted by atomic mass is 35.5. The second-order valence-electron chi connectivity index (χ2n) is 38.7. The van der Waals surface area contributed by atoms with Crippen LogP contribution in [0.2, 0.25) is 0 Å². The topological polar surface area (TPSA) is 353 Å². The van der Waals surface area contributed by atoms with Crippen molar-refractivity contribution in [1.82, 2.24) is 20.8 Å². The van der Waals surface area contributed by atoms with E-state index in [2.05, 4.69) is 110 Å². The summed E-state index contributed by atoms with van der Waals surface area (Å²) < 4.78 is 98.9. The summed E-state index contributed by atoms with van der Waals surface area (Å²) in [6, 6.07) is 26.2. The van der Waals surface area contributed by atoms with Gasteiger partial charge in [-0.3, -0.25) is 42.8 Å². The summed E-state index contributed by atoms with van der Waals surface area (Å²) >= 11 is 14.6. The van der Waals surface area contributed by atoms with Gasteiger partial charge >= 0.3 is 45.7 Å². The van der Waals surface area contributed by atoms with Gasteiger partial charge < -0.3 is 49.1 Å². The van der Waals surface area contributed by atoms with E-state index in [1.807, 2.05) is 100 Å². The Kier molecular flexibility index (Phi) is 80.2. The Morgan fingerprint density at radius 3 is 0.931 bits per heavy atom. The molecule has 4 aromatic rings. The summed E-state index contributed by atoms with van der Waals surface area (Å²) in [7, 11) is -6.61. The third-order valence-electron chi connectivity index (χ3n) is 22.6. The molecule has 3 amide bonds. The fourth-order valence-corrected chi connectivity index (χ4v) is 17.3. The Hall–Kier alpha value is -7.30. The van der Waals surface area contributed by atoms with Crippen molar-refractivity contribution in [3.8, 4) is 5.75 Å². The molecule has 1 heterocycles. The van der Waals surface area contributed by atoms with Crippen molar-refractivity contribution in [2.45, 2.75) is 451 Å². The molecule has 25 nitrogen and oxygen atoms in total. The predicted molar refractivity (Wildman–Crippen MR) is 578 cm³/mol. The van der Waals surface area contributed by atoms with E-state index in [0.29, 0.717) is 32.1 Å². The Bertz CT molecular complexity index is 4240. The molecule has 1 aliphatic heterocycles. The number of Topliss-reactive ketones (excluding diaryl/α,β-unsaturated/α-hetero) is 1. The third-order valence-corrected chi connectivity index (χ3v) is 25.7. The molecule has 4 aromatic carbocycles. The fraction of sp³-hybridized carbons (Fsp3) is 0.661. The smallest absolute Gasteiger partial charge is 0.508 e. The summed E-state index contributed by atoms with van der Waals surface area (Å²) in [4.78, 5) is 115. The molecule has 0 bridgehead atoms. The van der Waals surface area contributed by atoms with Crippen molar-refractivity contribution in [3.63, 3.8) is 0 Å². The van der Waals surface area contributed by atoms with Gasteiger partial charge in [0.05, 0.1) is 25.4 Å². The molecule has 1 aliphatic rings. The van der Waals surface area contributed by atoms with E-state index in [0.717, 1.165) is 156 Å². The number of phosphoric acid groups is 2. The number of aryl methyl sites for hydroxylation is 3. The average Bonchev–Trinajstić information content (AvgIpc) is 0.901. The zero-order valence-electron chi connectivity index (χ0n) is 89.9.